The molecule has 0 radical (unpaired) electrons. The van der Waals surface area contributed by atoms with Crippen LogP contribution >= 0.6 is 35.0 Å². The van der Waals surface area contributed by atoms with Crippen molar-refractivity contribution in [3.05, 3.63) is 105 Å². The molecule has 0 fully saturated rings. The fraction of sp³-hybridized carbons (Fsp3) is 0.258. The van der Waals surface area contributed by atoms with Crippen molar-refractivity contribution >= 4 is 46.8 Å². The normalized spacial score (nSPS) is 11.4. The second-order valence-electron chi connectivity index (χ2n) is 10.1. The minimum Gasteiger partial charge on any atom is -0.494 e. The lowest BCUT2D eigenvalue weighted by atomic mass is 9.81. The van der Waals surface area contributed by atoms with Gasteiger partial charge in [-0.15, -0.1) is 0 Å². The predicted octanol–water partition coefficient (Wildman–Crippen LogP) is 7.52. The number of carbonyl (C=O) groups is 2. The summed E-state index contributed by atoms with van der Waals surface area (Å²) in [4.78, 5) is 28.2. The van der Waals surface area contributed by atoms with E-state index in [2.05, 4.69) is 15.0 Å². The van der Waals surface area contributed by atoms with Gasteiger partial charge in [0.25, 0.3) is 5.91 Å². The van der Waals surface area contributed by atoms with Crippen molar-refractivity contribution in [1.29, 1.82) is 0 Å². The zero-order valence-corrected chi connectivity index (χ0v) is 26.5. The summed E-state index contributed by atoms with van der Waals surface area (Å²) >= 11 is 13.5. The lowest BCUT2D eigenvalue weighted by Crippen LogP contribution is -2.26. The molecular weight excluding hydrogens is 638 g/mol. The number of nitrogens with zero attached hydrogens (tertiary/aromatic N) is 2. The maximum absolute atomic E-state index is 15.1. The van der Waals surface area contributed by atoms with E-state index in [0.29, 0.717) is 26.6 Å². The third-order valence-corrected chi connectivity index (χ3v) is 8.71. The molecule has 3 aromatic carbocycles. The van der Waals surface area contributed by atoms with E-state index in [4.69, 9.17) is 27.9 Å². The second kappa shape index (κ2) is 14.0. The number of carbonyl (C=O) groups excluding carboxylic acids is 2. The molecule has 13 heteroatoms. The van der Waals surface area contributed by atoms with Gasteiger partial charge >= 0.3 is 5.97 Å². The highest BCUT2D eigenvalue weighted by Crippen LogP contribution is 2.39. The Bertz CT molecular complexity index is 1690. The van der Waals surface area contributed by atoms with Crippen LogP contribution in [0.25, 0.3) is 5.69 Å². The summed E-state index contributed by atoms with van der Waals surface area (Å²) in [6, 6.07) is 11.4. The number of aromatic nitrogens is 2. The Morgan fingerprint density at radius 3 is 2.32 bits per heavy atom. The summed E-state index contributed by atoms with van der Waals surface area (Å²) < 4.78 is 56.0. The Kier molecular flexibility index (Phi) is 10.5. The monoisotopic (exact) mass is 665 g/mol. The molecule has 0 aliphatic carbocycles. The lowest BCUT2D eigenvalue weighted by molar-refractivity contribution is -0.140. The minimum atomic E-state index is -0.923. The van der Waals surface area contributed by atoms with Gasteiger partial charge in [-0.2, -0.15) is 0 Å². The van der Waals surface area contributed by atoms with Crippen molar-refractivity contribution in [2.24, 2.45) is 0 Å². The Labute approximate surface area is 266 Å². The van der Waals surface area contributed by atoms with Gasteiger partial charge in [-0.25, -0.2) is 18.2 Å². The molecule has 232 valence electrons. The molecule has 1 heterocycles. The van der Waals surface area contributed by atoms with Gasteiger partial charge in [0, 0.05) is 34.9 Å². The highest BCUT2D eigenvalue weighted by molar-refractivity contribution is 7.98. The third-order valence-electron chi connectivity index (χ3n) is 7.00. The molecule has 0 saturated heterocycles. The van der Waals surface area contributed by atoms with E-state index in [9.17, 15) is 14.0 Å². The minimum absolute atomic E-state index is 0.00276. The van der Waals surface area contributed by atoms with Crippen LogP contribution in [0.3, 0.4) is 0 Å². The van der Waals surface area contributed by atoms with Gasteiger partial charge in [0.05, 0.1) is 48.3 Å². The van der Waals surface area contributed by atoms with Crippen LogP contribution in [-0.4, -0.2) is 42.2 Å². The summed E-state index contributed by atoms with van der Waals surface area (Å²) in [5.41, 5.74) is 0.789. The molecule has 0 atom stereocenters. The molecular formula is C31H28Cl2F3N3O4S. The molecule has 0 aliphatic heterocycles. The fourth-order valence-electron chi connectivity index (χ4n) is 4.44. The highest BCUT2D eigenvalue weighted by Gasteiger charge is 2.30. The number of nitrogens with one attached hydrogen (secondary N) is 1. The average molecular weight is 667 g/mol. The van der Waals surface area contributed by atoms with Gasteiger partial charge in [-0.1, -0.05) is 54.9 Å². The molecule has 0 unspecified atom stereocenters. The number of esters is 1. The van der Waals surface area contributed by atoms with Crippen molar-refractivity contribution in [3.63, 3.8) is 0 Å². The smallest absolute Gasteiger partial charge is 0.307 e. The number of methoxy groups -OCH3 is 2. The zero-order chi connectivity index (χ0) is 32.2. The van der Waals surface area contributed by atoms with Crippen LogP contribution in [-0.2, 0) is 20.7 Å². The highest BCUT2D eigenvalue weighted by atomic mass is 35.5. The summed E-state index contributed by atoms with van der Waals surface area (Å²) in [6.45, 7) is 3.84. The lowest BCUT2D eigenvalue weighted by Gasteiger charge is -2.28. The molecule has 44 heavy (non-hydrogen) atoms. The van der Waals surface area contributed by atoms with Gasteiger partial charge in [-0.05, 0) is 42.0 Å². The summed E-state index contributed by atoms with van der Waals surface area (Å²) in [7, 11) is 2.56. The first-order valence-corrected chi connectivity index (χ1v) is 14.9. The first-order valence-electron chi connectivity index (χ1n) is 13.2. The van der Waals surface area contributed by atoms with E-state index < -0.39 is 34.7 Å². The topological polar surface area (TPSA) is 82.5 Å². The van der Waals surface area contributed by atoms with Crippen LogP contribution in [0.5, 0.6) is 5.75 Å². The van der Waals surface area contributed by atoms with Crippen LogP contribution in [0.15, 0.2) is 59.9 Å². The Balaban J connectivity index is 1.68. The van der Waals surface area contributed by atoms with E-state index in [1.807, 2.05) is 19.9 Å². The number of halogens is 5. The summed E-state index contributed by atoms with van der Waals surface area (Å²) in [6.07, 6.45) is 1.55. The number of ether oxygens (including phenoxy) is 2. The second-order valence-corrected chi connectivity index (χ2v) is 11.9. The Morgan fingerprint density at radius 2 is 1.68 bits per heavy atom. The van der Waals surface area contributed by atoms with Crippen molar-refractivity contribution in [2.75, 3.05) is 20.8 Å². The Morgan fingerprint density at radius 1 is 0.977 bits per heavy atom. The van der Waals surface area contributed by atoms with Gasteiger partial charge < -0.3 is 14.8 Å². The van der Waals surface area contributed by atoms with Gasteiger partial charge in [-0.3, -0.25) is 14.2 Å². The Hall–Kier alpha value is -3.67. The molecule has 4 aromatic rings. The van der Waals surface area contributed by atoms with E-state index >= 15 is 8.78 Å². The maximum Gasteiger partial charge on any atom is 0.307 e. The van der Waals surface area contributed by atoms with Gasteiger partial charge in [0.2, 0.25) is 0 Å². The first kappa shape index (κ1) is 33.2. The van der Waals surface area contributed by atoms with E-state index in [1.165, 1.54) is 26.4 Å². The summed E-state index contributed by atoms with van der Waals surface area (Å²) in [5, 5.41) is 3.56. The molecule has 0 bridgehead atoms. The largest absolute Gasteiger partial charge is 0.494 e. The van der Waals surface area contributed by atoms with Crippen molar-refractivity contribution in [3.8, 4) is 11.4 Å². The molecule has 0 aliphatic rings. The fourth-order valence-corrected chi connectivity index (χ4v) is 5.75. The number of thioether (sulfide) groups is 1. The number of imidazole rings is 1. The quantitative estimate of drug-likeness (QED) is 0.132. The number of hydrogen-bond donors (Lipinski definition) is 1. The average Bonchev–Trinajstić information content (AvgIpc) is 3.42. The van der Waals surface area contributed by atoms with Gasteiger partial charge in [0.1, 0.15) is 11.6 Å². The third kappa shape index (κ3) is 7.17. The number of amides is 1. The van der Waals surface area contributed by atoms with E-state index in [0.717, 1.165) is 29.5 Å². The molecule has 7 nitrogen and oxygen atoms in total. The van der Waals surface area contributed by atoms with Crippen LogP contribution in [0.1, 0.15) is 47.4 Å². The van der Waals surface area contributed by atoms with Crippen molar-refractivity contribution < 1.29 is 32.2 Å². The molecule has 0 spiro atoms. The molecule has 1 N–H and O–H groups in total. The number of benzene rings is 3. The predicted molar refractivity (Wildman–Crippen MR) is 164 cm³/mol. The first-order chi connectivity index (χ1) is 20.9. The van der Waals surface area contributed by atoms with E-state index in [1.54, 1.807) is 29.0 Å². The molecule has 0 saturated carbocycles. The van der Waals surface area contributed by atoms with Crippen LogP contribution < -0.4 is 10.1 Å². The standard InChI is InChI=1S/C31H28Cl2F3N3O4S/c1-31(2,18-5-7-21(32)22(33)13-18)27-15-38-30(39(27)19-6-8-23(34)26(14-19)42-3)44-16-20-24(35)11-17(12-25(20)36)29(41)37-10-9-28(40)43-4/h5-8,11-15H,9-10,16H2,1-4H3,(H,37,41). The molecule has 1 amide bonds. The van der Waals surface area contributed by atoms with Crippen molar-refractivity contribution in [1.82, 2.24) is 14.9 Å². The van der Waals surface area contributed by atoms with E-state index in [-0.39, 0.29) is 35.6 Å². The molecule has 1 aromatic heterocycles. The SMILES string of the molecule is COC(=O)CCNC(=O)c1cc(F)c(CSc2ncc(C(C)(C)c3ccc(Cl)c(Cl)c3)n2-c2ccc(F)c(OC)c2)c(F)c1. The van der Waals surface area contributed by atoms with Crippen LogP contribution in [0, 0.1) is 17.5 Å². The van der Waals surface area contributed by atoms with Crippen LogP contribution in [0.4, 0.5) is 13.2 Å². The van der Waals surface area contributed by atoms with Crippen LogP contribution in [0.2, 0.25) is 10.0 Å². The summed E-state index contributed by atoms with van der Waals surface area (Å²) in [5.74, 6) is -3.85. The van der Waals surface area contributed by atoms with Crippen molar-refractivity contribution in [2.45, 2.75) is 36.6 Å². The van der Waals surface area contributed by atoms with Gasteiger partial charge in [0.15, 0.2) is 16.7 Å². The number of hydrogen-bond acceptors (Lipinski definition) is 6. The maximum atomic E-state index is 15.1. The zero-order valence-electron chi connectivity index (χ0n) is 24.1. The number of rotatable bonds is 11. The molecule has 4 rings (SSSR count).